The zero-order valence-electron chi connectivity index (χ0n) is 15.4. The molecule has 27 heavy (non-hydrogen) atoms. The van der Waals surface area contributed by atoms with Gasteiger partial charge in [-0.2, -0.15) is 0 Å². The van der Waals surface area contributed by atoms with Crippen molar-refractivity contribution in [1.82, 2.24) is 14.8 Å². The second-order valence-electron chi connectivity index (χ2n) is 7.37. The van der Waals surface area contributed by atoms with Gasteiger partial charge in [0.25, 0.3) is 0 Å². The predicted molar refractivity (Wildman–Crippen MR) is 110 cm³/mol. The van der Waals surface area contributed by atoms with Crippen molar-refractivity contribution in [1.29, 1.82) is 0 Å². The van der Waals surface area contributed by atoms with Gasteiger partial charge in [-0.05, 0) is 43.7 Å². The highest BCUT2D eigenvalue weighted by Gasteiger charge is 2.32. The van der Waals surface area contributed by atoms with Crippen molar-refractivity contribution in [3.63, 3.8) is 0 Å². The van der Waals surface area contributed by atoms with Gasteiger partial charge in [0.1, 0.15) is 0 Å². The average molecular weight is 406 g/mol. The van der Waals surface area contributed by atoms with E-state index in [-0.39, 0.29) is 11.7 Å². The number of rotatable bonds is 6. The van der Waals surface area contributed by atoms with Gasteiger partial charge in [-0.1, -0.05) is 42.4 Å². The Morgan fingerprint density at radius 1 is 1.22 bits per heavy atom. The first-order chi connectivity index (χ1) is 13.1. The summed E-state index contributed by atoms with van der Waals surface area (Å²) in [6.07, 6.45) is 4.71. The van der Waals surface area contributed by atoms with Gasteiger partial charge in [0.05, 0.1) is 16.5 Å². The molecule has 0 unspecified atom stereocenters. The number of halogens is 1. The van der Waals surface area contributed by atoms with Crippen LogP contribution in [0.3, 0.4) is 0 Å². The van der Waals surface area contributed by atoms with E-state index in [0.717, 1.165) is 43.0 Å². The van der Waals surface area contributed by atoms with Gasteiger partial charge in [0.2, 0.25) is 11.9 Å². The number of nitrogens with zero attached hydrogens (tertiary/aromatic N) is 4. The molecule has 2 aromatic rings. The number of aromatic nitrogens is 3. The highest BCUT2D eigenvalue weighted by molar-refractivity contribution is 7.99. The van der Waals surface area contributed by atoms with Crippen molar-refractivity contribution in [3.8, 4) is 0 Å². The molecule has 4 rings (SSSR count). The lowest BCUT2D eigenvalue weighted by atomic mass is 10.00. The summed E-state index contributed by atoms with van der Waals surface area (Å²) in [5.74, 6) is 1.94. The lowest BCUT2D eigenvalue weighted by Gasteiger charge is -2.31. The van der Waals surface area contributed by atoms with Crippen molar-refractivity contribution in [2.24, 2.45) is 5.92 Å². The Morgan fingerprint density at radius 3 is 2.67 bits per heavy atom. The maximum Gasteiger partial charge on any atom is 0.234 e. The van der Waals surface area contributed by atoms with Crippen LogP contribution in [0, 0.1) is 5.92 Å². The van der Waals surface area contributed by atoms with Crippen LogP contribution in [-0.4, -0.2) is 39.5 Å². The van der Waals surface area contributed by atoms with Crippen LogP contribution in [0.4, 0.5) is 11.6 Å². The lowest BCUT2D eigenvalue weighted by Crippen LogP contribution is -2.34. The van der Waals surface area contributed by atoms with Gasteiger partial charge < -0.3 is 10.2 Å². The number of carbonyl (C=O) groups excluding carboxylic acids is 1. The molecule has 0 spiro atoms. The highest BCUT2D eigenvalue weighted by Crippen LogP contribution is 2.41. The Kier molecular flexibility index (Phi) is 5.59. The fourth-order valence-corrected chi connectivity index (χ4v) is 4.31. The van der Waals surface area contributed by atoms with E-state index in [9.17, 15) is 4.79 Å². The Bertz CT molecular complexity index is 814. The van der Waals surface area contributed by atoms with Crippen molar-refractivity contribution in [2.75, 3.05) is 29.1 Å². The molecule has 1 aliphatic heterocycles. The molecule has 0 atom stereocenters. The minimum Gasteiger partial charge on any atom is -0.341 e. The normalized spacial score (nSPS) is 17.9. The molecular weight excluding hydrogens is 382 g/mol. The van der Waals surface area contributed by atoms with Crippen molar-refractivity contribution in [3.05, 3.63) is 29.3 Å². The van der Waals surface area contributed by atoms with Gasteiger partial charge >= 0.3 is 0 Å². The van der Waals surface area contributed by atoms with Gasteiger partial charge in [0.15, 0.2) is 5.16 Å². The van der Waals surface area contributed by atoms with Crippen molar-refractivity contribution < 1.29 is 4.79 Å². The third kappa shape index (κ3) is 4.41. The molecular formula is C19H24ClN5OS. The zero-order chi connectivity index (χ0) is 18.8. The zero-order valence-corrected chi connectivity index (χ0v) is 17.0. The maximum atomic E-state index is 12.3. The molecule has 1 amide bonds. The van der Waals surface area contributed by atoms with Crippen LogP contribution in [0.2, 0.25) is 5.02 Å². The number of hydrogen-bond acceptors (Lipinski definition) is 5. The highest BCUT2D eigenvalue weighted by atomic mass is 35.5. The Hall–Kier alpha value is -1.73. The molecule has 0 radical (unpaired) electrons. The van der Waals surface area contributed by atoms with Gasteiger partial charge in [-0.3, -0.25) is 9.36 Å². The first kappa shape index (κ1) is 18.6. The number of anilines is 2. The molecule has 1 aliphatic carbocycles. The fourth-order valence-electron chi connectivity index (χ4n) is 3.32. The minimum atomic E-state index is -0.0909. The Balaban J connectivity index is 1.42. The van der Waals surface area contributed by atoms with E-state index in [0.29, 0.717) is 16.8 Å². The summed E-state index contributed by atoms with van der Waals surface area (Å²) in [5, 5.41) is 13.1. The summed E-state index contributed by atoms with van der Waals surface area (Å²) in [5.41, 5.74) is 0.636. The SMILES string of the molecule is CC1CCN(c2nnc(SCC(=O)Nc3ccccc3Cl)n2C2CC2)CC1. The Labute approximate surface area is 168 Å². The van der Waals surface area contributed by atoms with E-state index in [2.05, 4.69) is 31.9 Å². The van der Waals surface area contributed by atoms with Crippen LogP contribution in [0.25, 0.3) is 0 Å². The van der Waals surface area contributed by atoms with Crippen LogP contribution >= 0.6 is 23.4 Å². The van der Waals surface area contributed by atoms with E-state index in [4.69, 9.17) is 11.6 Å². The Morgan fingerprint density at radius 2 is 1.96 bits per heavy atom. The van der Waals surface area contributed by atoms with Crippen LogP contribution in [0.1, 0.15) is 38.6 Å². The minimum absolute atomic E-state index is 0.0909. The molecule has 6 nitrogen and oxygen atoms in total. The number of hydrogen-bond donors (Lipinski definition) is 1. The molecule has 144 valence electrons. The quantitative estimate of drug-likeness (QED) is 0.728. The molecule has 2 heterocycles. The summed E-state index contributed by atoms with van der Waals surface area (Å²) in [7, 11) is 0. The molecule has 2 fully saturated rings. The first-order valence-electron chi connectivity index (χ1n) is 9.49. The number of nitrogens with one attached hydrogen (secondary N) is 1. The second-order valence-corrected chi connectivity index (χ2v) is 8.72. The number of thioether (sulfide) groups is 1. The molecule has 1 saturated carbocycles. The van der Waals surface area contributed by atoms with E-state index in [1.54, 1.807) is 12.1 Å². The van der Waals surface area contributed by atoms with Crippen molar-refractivity contribution in [2.45, 2.75) is 43.8 Å². The molecule has 1 aromatic heterocycles. The standard InChI is InChI=1S/C19H24ClN5OS/c1-13-8-10-24(11-9-13)18-22-23-19(25(18)14-6-7-14)27-12-17(26)21-16-5-3-2-4-15(16)20/h2-5,13-14H,6-12H2,1H3,(H,21,26). The molecule has 2 aliphatic rings. The number of carbonyl (C=O) groups is 1. The first-order valence-corrected chi connectivity index (χ1v) is 10.8. The van der Waals surface area contributed by atoms with Gasteiger partial charge in [0, 0.05) is 19.1 Å². The smallest absolute Gasteiger partial charge is 0.234 e. The predicted octanol–water partition coefficient (Wildman–Crippen LogP) is 4.23. The second kappa shape index (κ2) is 8.10. The van der Waals surface area contributed by atoms with Gasteiger partial charge in [-0.15, -0.1) is 10.2 Å². The third-order valence-electron chi connectivity index (χ3n) is 5.11. The number of benzene rings is 1. The monoisotopic (exact) mass is 405 g/mol. The van der Waals surface area contributed by atoms with Crippen LogP contribution in [0.5, 0.6) is 0 Å². The summed E-state index contributed by atoms with van der Waals surface area (Å²) in [6, 6.07) is 7.73. The summed E-state index contributed by atoms with van der Waals surface area (Å²) in [6.45, 7) is 4.37. The number of piperidine rings is 1. The van der Waals surface area contributed by atoms with Crippen LogP contribution in [0.15, 0.2) is 29.4 Å². The van der Waals surface area contributed by atoms with Crippen molar-refractivity contribution >= 4 is 40.9 Å². The fraction of sp³-hybridized carbons (Fsp3) is 0.526. The molecule has 1 aromatic carbocycles. The number of amides is 1. The molecule has 0 bridgehead atoms. The van der Waals surface area contributed by atoms with E-state index < -0.39 is 0 Å². The summed E-state index contributed by atoms with van der Waals surface area (Å²) in [4.78, 5) is 14.7. The number of para-hydroxylation sites is 1. The summed E-state index contributed by atoms with van der Waals surface area (Å²) >= 11 is 7.55. The average Bonchev–Trinajstić information content (AvgIpc) is 3.42. The van der Waals surface area contributed by atoms with Gasteiger partial charge in [-0.25, -0.2) is 0 Å². The van der Waals surface area contributed by atoms with E-state index in [1.807, 2.05) is 12.1 Å². The molecule has 1 saturated heterocycles. The summed E-state index contributed by atoms with van der Waals surface area (Å²) < 4.78 is 2.24. The molecule has 1 N–H and O–H groups in total. The van der Waals surface area contributed by atoms with E-state index >= 15 is 0 Å². The third-order valence-corrected chi connectivity index (χ3v) is 6.38. The topological polar surface area (TPSA) is 63.1 Å². The maximum absolute atomic E-state index is 12.3. The molecule has 8 heteroatoms. The van der Waals surface area contributed by atoms with Crippen LogP contribution < -0.4 is 10.2 Å². The van der Waals surface area contributed by atoms with Crippen LogP contribution in [-0.2, 0) is 4.79 Å². The van der Waals surface area contributed by atoms with E-state index in [1.165, 1.54) is 24.6 Å². The largest absolute Gasteiger partial charge is 0.341 e. The lowest BCUT2D eigenvalue weighted by molar-refractivity contribution is -0.113.